The maximum atomic E-state index is 14.5. The largest absolute Gasteiger partial charge is 0.493 e. The Kier molecular flexibility index (Phi) is 12.1. The van der Waals surface area contributed by atoms with E-state index < -0.39 is 24.8 Å². The van der Waals surface area contributed by atoms with Crippen LogP contribution in [-0.4, -0.2) is 70.0 Å². The van der Waals surface area contributed by atoms with Gasteiger partial charge in [-0.25, -0.2) is 0 Å². The third kappa shape index (κ3) is 8.34. The van der Waals surface area contributed by atoms with E-state index in [1.807, 2.05) is 68.4 Å². The zero-order valence-corrected chi connectivity index (χ0v) is 34.2. The molecule has 1 aliphatic heterocycles. The normalized spacial score (nSPS) is 23.9. The van der Waals surface area contributed by atoms with Crippen LogP contribution in [0.3, 0.4) is 0 Å². The summed E-state index contributed by atoms with van der Waals surface area (Å²) in [6.45, 7) is 15.0. The molecule has 0 aromatic heterocycles. The van der Waals surface area contributed by atoms with Crippen LogP contribution < -0.4 is 30.2 Å². The lowest BCUT2D eigenvalue weighted by Gasteiger charge is -2.64. The first-order valence-electron chi connectivity index (χ1n) is 19.8. The maximum absolute atomic E-state index is 14.5. The number of hydrogen-bond acceptors (Lipinski definition) is 8. The molecular weight excluding hydrogens is 693 g/mol. The van der Waals surface area contributed by atoms with E-state index in [2.05, 4.69) is 62.7 Å². The summed E-state index contributed by atoms with van der Waals surface area (Å²) in [4.78, 5) is 28.8. The first-order chi connectivity index (χ1) is 26.2. The Hall–Kier alpha value is -4.22. The Bertz CT molecular complexity index is 1790. The molecule has 1 heterocycles. The highest BCUT2D eigenvalue weighted by atomic mass is 16.7. The molecule has 3 N–H and O–H groups in total. The van der Waals surface area contributed by atoms with Crippen LogP contribution in [0, 0.1) is 29.1 Å². The molecule has 2 bridgehead atoms. The number of carbonyl (C=O) groups excluding carboxylic acids is 2. The SMILES string of the molecule is COc1cc(C[C@H](Nc2cccc(-c3ccccc3)c2)C(=O)N[C@H](C(=O)N[C@@H](CC(C)C)B2O[C@@H]3C[C@H]4C[C@H](C4(C)C)[C@]3(C)O2)C(C)C)cc(OC)c1OC. The highest BCUT2D eigenvalue weighted by molar-refractivity contribution is 6.48. The van der Waals surface area contributed by atoms with Crippen molar-refractivity contribution in [3.8, 4) is 28.4 Å². The summed E-state index contributed by atoms with van der Waals surface area (Å²) in [7, 11) is 4.13. The van der Waals surface area contributed by atoms with Crippen molar-refractivity contribution < 1.29 is 33.1 Å². The molecule has 7 atom stereocenters. The number of carbonyl (C=O) groups is 2. The highest BCUT2D eigenvalue weighted by Crippen LogP contribution is 2.65. The summed E-state index contributed by atoms with van der Waals surface area (Å²) in [5, 5.41) is 9.91. The summed E-state index contributed by atoms with van der Waals surface area (Å²) in [6, 6.07) is 20.2. The molecule has 0 radical (unpaired) electrons. The van der Waals surface area contributed by atoms with E-state index in [4.69, 9.17) is 23.5 Å². The second-order valence-electron chi connectivity index (χ2n) is 17.2. The average molecular weight is 754 g/mol. The smallest absolute Gasteiger partial charge is 0.481 e. The van der Waals surface area contributed by atoms with Gasteiger partial charge in [0.05, 0.1) is 39.0 Å². The van der Waals surface area contributed by atoms with Gasteiger partial charge in [-0.15, -0.1) is 0 Å². The molecule has 10 nitrogen and oxygen atoms in total. The zero-order valence-electron chi connectivity index (χ0n) is 34.2. The van der Waals surface area contributed by atoms with Gasteiger partial charge in [0.25, 0.3) is 0 Å². The van der Waals surface area contributed by atoms with Gasteiger partial charge >= 0.3 is 7.12 Å². The summed E-state index contributed by atoms with van der Waals surface area (Å²) in [5.41, 5.74) is 3.45. The van der Waals surface area contributed by atoms with Crippen LogP contribution in [-0.2, 0) is 25.3 Å². The monoisotopic (exact) mass is 753 g/mol. The van der Waals surface area contributed by atoms with Crippen LogP contribution >= 0.6 is 0 Å². The van der Waals surface area contributed by atoms with E-state index in [0.29, 0.717) is 35.5 Å². The minimum atomic E-state index is -0.812. The van der Waals surface area contributed by atoms with Gasteiger partial charge in [0, 0.05) is 12.1 Å². The van der Waals surface area contributed by atoms with E-state index in [0.717, 1.165) is 35.2 Å². The molecule has 0 unspecified atom stereocenters. The predicted molar refractivity (Wildman–Crippen MR) is 217 cm³/mol. The van der Waals surface area contributed by atoms with Gasteiger partial charge in [0.2, 0.25) is 17.6 Å². The molecule has 3 saturated carbocycles. The van der Waals surface area contributed by atoms with Crippen LogP contribution in [0.2, 0.25) is 0 Å². The van der Waals surface area contributed by atoms with Crippen LogP contribution in [0.5, 0.6) is 17.2 Å². The van der Waals surface area contributed by atoms with Crippen molar-refractivity contribution in [2.75, 3.05) is 26.6 Å². The molecule has 3 aromatic rings. The van der Waals surface area contributed by atoms with Crippen molar-refractivity contribution in [1.29, 1.82) is 0 Å². The van der Waals surface area contributed by atoms with Crippen molar-refractivity contribution in [2.24, 2.45) is 29.1 Å². The van der Waals surface area contributed by atoms with E-state index in [-0.39, 0.29) is 47.5 Å². The van der Waals surface area contributed by atoms with Gasteiger partial charge in [-0.2, -0.15) is 0 Å². The quantitative estimate of drug-likeness (QED) is 0.130. The number of nitrogens with one attached hydrogen (secondary N) is 3. The number of amides is 2. The molecule has 7 rings (SSSR count). The minimum Gasteiger partial charge on any atom is -0.493 e. The number of anilines is 1. The Morgan fingerprint density at radius 1 is 0.836 bits per heavy atom. The molecule has 2 amide bonds. The van der Waals surface area contributed by atoms with Crippen LogP contribution in [0.1, 0.15) is 73.3 Å². The fourth-order valence-corrected chi connectivity index (χ4v) is 9.20. The fourth-order valence-electron chi connectivity index (χ4n) is 9.20. The van der Waals surface area contributed by atoms with E-state index in [1.54, 1.807) is 21.3 Å². The molecule has 1 saturated heterocycles. The van der Waals surface area contributed by atoms with Gasteiger partial charge in [-0.3, -0.25) is 9.59 Å². The summed E-state index contributed by atoms with van der Waals surface area (Å²) in [6.07, 6.45) is 3.07. The number of rotatable bonds is 16. The summed E-state index contributed by atoms with van der Waals surface area (Å²) >= 11 is 0. The average Bonchev–Trinajstić information content (AvgIpc) is 3.53. The van der Waals surface area contributed by atoms with E-state index in [9.17, 15) is 9.59 Å². The Labute approximate surface area is 327 Å². The number of hydrogen-bond donors (Lipinski definition) is 3. The van der Waals surface area contributed by atoms with Crippen molar-refractivity contribution in [1.82, 2.24) is 10.6 Å². The first kappa shape index (κ1) is 40.4. The number of benzene rings is 3. The predicted octanol–water partition coefficient (Wildman–Crippen LogP) is 7.34. The molecule has 3 aromatic carbocycles. The second kappa shape index (κ2) is 16.5. The zero-order chi connectivity index (χ0) is 39.7. The number of ether oxygens (including phenoxy) is 3. The van der Waals surface area contributed by atoms with E-state index >= 15 is 0 Å². The summed E-state index contributed by atoms with van der Waals surface area (Å²) < 4.78 is 30.3. The van der Waals surface area contributed by atoms with Gasteiger partial charge in [0.15, 0.2) is 11.5 Å². The van der Waals surface area contributed by atoms with Crippen molar-refractivity contribution in [3.63, 3.8) is 0 Å². The second-order valence-corrected chi connectivity index (χ2v) is 17.2. The van der Waals surface area contributed by atoms with Crippen LogP contribution in [0.15, 0.2) is 66.7 Å². The Morgan fingerprint density at radius 2 is 1.51 bits per heavy atom. The molecule has 55 heavy (non-hydrogen) atoms. The van der Waals surface area contributed by atoms with E-state index in [1.165, 1.54) is 0 Å². The molecule has 4 fully saturated rings. The lowest BCUT2D eigenvalue weighted by atomic mass is 9.43. The molecule has 11 heteroatoms. The van der Waals surface area contributed by atoms with Crippen LogP contribution in [0.25, 0.3) is 11.1 Å². The third-order valence-corrected chi connectivity index (χ3v) is 12.4. The minimum absolute atomic E-state index is 0.00358. The fraction of sp³-hybridized carbons (Fsp3) is 0.545. The maximum Gasteiger partial charge on any atom is 0.481 e. The van der Waals surface area contributed by atoms with Gasteiger partial charge < -0.3 is 39.5 Å². The molecule has 296 valence electrons. The molecular formula is C44H60BN3O7. The lowest BCUT2D eigenvalue weighted by Crippen LogP contribution is -2.65. The van der Waals surface area contributed by atoms with Crippen molar-refractivity contribution >= 4 is 24.6 Å². The van der Waals surface area contributed by atoms with Crippen LogP contribution in [0.4, 0.5) is 5.69 Å². The molecule has 3 aliphatic carbocycles. The summed E-state index contributed by atoms with van der Waals surface area (Å²) in [5.74, 6) is 1.61. The lowest BCUT2D eigenvalue weighted by molar-refractivity contribution is -0.199. The Morgan fingerprint density at radius 3 is 2.11 bits per heavy atom. The standard InChI is InChI=1S/C44H60BN3O7/c1-26(2)19-38(45-54-37-25-31-24-36(43(31,5)6)44(37,7)55-45)47-42(50)39(27(3)4)48-41(49)33(20-28-21-34(51-8)40(53-10)35(22-28)52-9)46-32-18-14-17-30(23-32)29-15-12-11-13-16-29/h11-18,21-23,26-27,31,33,36-39,46H,19-20,24-25H2,1-10H3,(H,47,50)(H,48,49)/t31-,33+,36-,37-,38+,39+,44+/m1/s1. The third-order valence-electron chi connectivity index (χ3n) is 12.4. The van der Waals surface area contributed by atoms with Gasteiger partial charge in [0.1, 0.15) is 12.1 Å². The molecule has 4 aliphatic rings. The molecule has 0 spiro atoms. The number of methoxy groups -OCH3 is 3. The Balaban J connectivity index is 1.24. The highest BCUT2D eigenvalue weighted by Gasteiger charge is 2.68. The van der Waals surface area contributed by atoms with Gasteiger partial charge in [-0.1, -0.05) is 84.0 Å². The van der Waals surface area contributed by atoms with Crippen molar-refractivity contribution in [3.05, 3.63) is 72.3 Å². The first-order valence-corrected chi connectivity index (χ1v) is 19.8. The van der Waals surface area contributed by atoms with Gasteiger partial charge in [-0.05, 0) is 96.2 Å². The topological polar surface area (TPSA) is 116 Å². The van der Waals surface area contributed by atoms with Crippen molar-refractivity contribution in [2.45, 2.75) is 104 Å².